The minimum Gasteiger partial charge on any atom is -0.366 e. The largest absolute Gasteiger partial charge is 0.366 e. The SMILES string of the molecule is Cc1c(C(N)=O)cccc1C(=O)NCc1cccnc1. The van der Waals surface area contributed by atoms with E-state index in [0.717, 1.165) is 5.56 Å². The molecule has 0 atom stereocenters. The first-order valence-corrected chi connectivity index (χ1v) is 6.16. The molecule has 0 aliphatic rings. The maximum atomic E-state index is 12.1. The number of carbonyl (C=O) groups excluding carboxylic acids is 2. The standard InChI is InChI=1S/C15H15N3O2/c1-10-12(14(16)19)5-2-6-13(10)15(20)18-9-11-4-3-7-17-8-11/h2-8H,9H2,1H3,(H2,16,19)(H,18,20). The van der Waals surface area contributed by atoms with Crippen molar-refractivity contribution in [2.24, 2.45) is 5.73 Å². The number of nitrogens with zero attached hydrogens (tertiary/aromatic N) is 1. The summed E-state index contributed by atoms with van der Waals surface area (Å²) in [7, 11) is 0. The van der Waals surface area contributed by atoms with E-state index in [1.54, 1.807) is 43.6 Å². The Morgan fingerprint density at radius 3 is 2.60 bits per heavy atom. The van der Waals surface area contributed by atoms with E-state index in [4.69, 9.17) is 5.73 Å². The quantitative estimate of drug-likeness (QED) is 0.880. The van der Waals surface area contributed by atoms with Gasteiger partial charge < -0.3 is 11.1 Å². The molecule has 3 N–H and O–H groups in total. The molecular formula is C15H15N3O2. The fraction of sp³-hybridized carbons (Fsp3) is 0.133. The molecule has 1 aromatic carbocycles. The predicted molar refractivity (Wildman–Crippen MR) is 75.1 cm³/mol. The van der Waals surface area contributed by atoms with Crippen molar-refractivity contribution in [1.82, 2.24) is 10.3 Å². The van der Waals surface area contributed by atoms with Crippen LogP contribution in [-0.4, -0.2) is 16.8 Å². The molecule has 0 aliphatic carbocycles. The van der Waals surface area contributed by atoms with Crippen LogP contribution in [-0.2, 0) is 6.54 Å². The Labute approximate surface area is 116 Å². The minimum atomic E-state index is -0.538. The van der Waals surface area contributed by atoms with Gasteiger partial charge in [0.1, 0.15) is 0 Å². The summed E-state index contributed by atoms with van der Waals surface area (Å²) in [4.78, 5) is 27.4. The monoisotopic (exact) mass is 269 g/mol. The summed E-state index contributed by atoms with van der Waals surface area (Å²) in [5, 5.41) is 2.79. The first kappa shape index (κ1) is 13.7. The second-order valence-corrected chi connectivity index (χ2v) is 4.39. The van der Waals surface area contributed by atoms with Gasteiger partial charge in [0.05, 0.1) is 0 Å². The van der Waals surface area contributed by atoms with E-state index in [-0.39, 0.29) is 5.91 Å². The third-order valence-electron chi connectivity index (χ3n) is 3.02. The highest BCUT2D eigenvalue weighted by molar-refractivity contribution is 6.01. The van der Waals surface area contributed by atoms with E-state index < -0.39 is 5.91 Å². The van der Waals surface area contributed by atoms with Gasteiger partial charge in [0.2, 0.25) is 5.91 Å². The van der Waals surface area contributed by atoms with Gasteiger partial charge in [-0.05, 0) is 36.2 Å². The lowest BCUT2D eigenvalue weighted by atomic mass is 10.0. The van der Waals surface area contributed by atoms with Crippen molar-refractivity contribution in [2.75, 3.05) is 0 Å². The fourth-order valence-electron chi connectivity index (χ4n) is 1.93. The van der Waals surface area contributed by atoms with Crippen LogP contribution in [0.4, 0.5) is 0 Å². The molecule has 1 heterocycles. The van der Waals surface area contributed by atoms with Gasteiger partial charge >= 0.3 is 0 Å². The van der Waals surface area contributed by atoms with Crippen LogP contribution in [0.1, 0.15) is 31.8 Å². The van der Waals surface area contributed by atoms with E-state index >= 15 is 0 Å². The van der Waals surface area contributed by atoms with Crippen molar-refractivity contribution >= 4 is 11.8 Å². The summed E-state index contributed by atoms with van der Waals surface area (Å²) in [5.74, 6) is -0.779. The highest BCUT2D eigenvalue weighted by Gasteiger charge is 2.13. The number of nitrogens with one attached hydrogen (secondary N) is 1. The maximum absolute atomic E-state index is 12.1. The smallest absolute Gasteiger partial charge is 0.251 e. The Bertz CT molecular complexity index is 639. The van der Waals surface area contributed by atoms with E-state index in [9.17, 15) is 9.59 Å². The molecule has 5 nitrogen and oxygen atoms in total. The fourth-order valence-corrected chi connectivity index (χ4v) is 1.93. The molecule has 0 saturated carbocycles. The van der Waals surface area contributed by atoms with Gasteiger partial charge in [-0.2, -0.15) is 0 Å². The second-order valence-electron chi connectivity index (χ2n) is 4.39. The Morgan fingerprint density at radius 2 is 1.95 bits per heavy atom. The molecule has 0 unspecified atom stereocenters. The second kappa shape index (κ2) is 5.97. The lowest BCUT2D eigenvalue weighted by Gasteiger charge is -2.09. The molecular weight excluding hydrogens is 254 g/mol. The van der Waals surface area contributed by atoms with Gasteiger partial charge in [-0.3, -0.25) is 14.6 Å². The maximum Gasteiger partial charge on any atom is 0.251 e. The molecule has 2 aromatic rings. The van der Waals surface area contributed by atoms with Crippen LogP contribution in [0.15, 0.2) is 42.7 Å². The zero-order chi connectivity index (χ0) is 14.5. The molecule has 20 heavy (non-hydrogen) atoms. The topological polar surface area (TPSA) is 85.1 Å². The van der Waals surface area contributed by atoms with Crippen LogP contribution in [0, 0.1) is 6.92 Å². The highest BCUT2D eigenvalue weighted by atomic mass is 16.2. The zero-order valence-electron chi connectivity index (χ0n) is 11.1. The van der Waals surface area contributed by atoms with Crippen molar-refractivity contribution in [3.8, 4) is 0 Å². The normalized spacial score (nSPS) is 10.1. The molecule has 2 rings (SSSR count). The zero-order valence-corrected chi connectivity index (χ0v) is 11.1. The number of benzene rings is 1. The van der Waals surface area contributed by atoms with Crippen molar-refractivity contribution in [3.05, 3.63) is 65.0 Å². The summed E-state index contributed by atoms with van der Waals surface area (Å²) in [5.41, 5.74) is 7.57. The molecule has 0 aliphatic heterocycles. The van der Waals surface area contributed by atoms with Crippen molar-refractivity contribution in [1.29, 1.82) is 0 Å². The van der Waals surface area contributed by atoms with Crippen LogP contribution in [0.2, 0.25) is 0 Å². The van der Waals surface area contributed by atoms with Gasteiger partial charge in [-0.25, -0.2) is 0 Å². The Balaban J connectivity index is 2.14. The van der Waals surface area contributed by atoms with Gasteiger partial charge in [-0.15, -0.1) is 0 Å². The van der Waals surface area contributed by atoms with Crippen LogP contribution in [0.5, 0.6) is 0 Å². The van der Waals surface area contributed by atoms with Gasteiger partial charge in [0, 0.05) is 30.1 Å². The summed E-state index contributed by atoms with van der Waals surface area (Å²) in [6, 6.07) is 8.60. The summed E-state index contributed by atoms with van der Waals surface area (Å²) >= 11 is 0. The summed E-state index contributed by atoms with van der Waals surface area (Å²) in [6.45, 7) is 2.09. The van der Waals surface area contributed by atoms with Crippen LogP contribution in [0.3, 0.4) is 0 Å². The first-order chi connectivity index (χ1) is 9.59. The molecule has 0 bridgehead atoms. The number of aromatic nitrogens is 1. The molecule has 0 radical (unpaired) electrons. The van der Waals surface area contributed by atoms with Crippen molar-refractivity contribution in [3.63, 3.8) is 0 Å². The Morgan fingerprint density at radius 1 is 1.20 bits per heavy atom. The number of primary amides is 1. The van der Waals surface area contributed by atoms with Gasteiger partial charge in [0.15, 0.2) is 0 Å². The average molecular weight is 269 g/mol. The molecule has 0 spiro atoms. The highest BCUT2D eigenvalue weighted by Crippen LogP contribution is 2.13. The summed E-state index contributed by atoms with van der Waals surface area (Å²) in [6.07, 6.45) is 3.36. The lowest BCUT2D eigenvalue weighted by Crippen LogP contribution is -2.25. The predicted octanol–water partition coefficient (Wildman–Crippen LogP) is 1.42. The first-order valence-electron chi connectivity index (χ1n) is 6.16. The van der Waals surface area contributed by atoms with E-state index in [1.165, 1.54) is 0 Å². The third kappa shape index (κ3) is 3.00. The number of amides is 2. The lowest BCUT2D eigenvalue weighted by molar-refractivity contribution is 0.0950. The number of nitrogens with two attached hydrogens (primary N) is 1. The minimum absolute atomic E-state index is 0.241. The molecule has 102 valence electrons. The molecule has 1 aromatic heterocycles. The summed E-state index contributed by atoms with van der Waals surface area (Å²) < 4.78 is 0. The van der Waals surface area contributed by atoms with Crippen molar-refractivity contribution in [2.45, 2.75) is 13.5 Å². The van der Waals surface area contributed by atoms with E-state index in [1.807, 2.05) is 6.07 Å². The van der Waals surface area contributed by atoms with Crippen LogP contribution < -0.4 is 11.1 Å². The van der Waals surface area contributed by atoms with E-state index in [2.05, 4.69) is 10.3 Å². The third-order valence-corrected chi connectivity index (χ3v) is 3.02. The van der Waals surface area contributed by atoms with Crippen LogP contribution in [0.25, 0.3) is 0 Å². The number of pyridine rings is 1. The van der Waals surface area contributed by atoms with Crippen molar-refractivity contribution < 1.29 is 9.59 Å². The number of hydrogen-bond acceptors (Lipinski definition) is 3. The van der Waals surface area contributed by atoms with Gasteiger partial charge in [0.25, 0.3) is 5.91 Å². The number of hydrogen-bond donors (Lipinski definition) is 2. The Kier molecular flexibility index (Phi) is 4.10. The Hall–Kier alpha value is -2.69. The average Bonchev–Trinajstić information content (AvgIpc) is 2.46. The molecule has 0 fully saturated rings. The number of rotatable bonds is 4. The number of carbonyl (C=O) groups is 2. The molecule has 0 saturated heterocycles. The molecule has 2 amide bonds. The van der Waals surface area contributed by atoms with Crippen LogP contribution >= 0.6 is 0 Å². The van der Waals surface area contributed by atoms with E-state index in [0.29, 0.717) is 23.2 Å². The van der Waals surface area contributed by atoms with Gasteiger partial charge in [-0.1, -0.05) is 12.1 Å². The molecule has 5 heteroatoms.